The first-order valence-corrected chi connectivity index (χ1v) is 11.7. The van der Waals surface area contributed by atoms with Gasteiger partial charge in [0.05, 0.1) is 15.5 Å². The van der Waals surface area contributed by atoms with Gasteiger partial charge in [0.25, 0.3) is 11.6 Å². The summed E-state index contributed by atoms with van der Waals surface area (Å²) in [6.07, 6.45) is 0. The van der Waals surface area contributed by atoms with Crippen LogP contribution in [0.25, 0.3) is 21.7 Å². The fourth-order valence-corrected chi connectivity index (χ4v) is 4.49. The Bertz CT molecular complexity index is 1330. The number of aryl methyl sites for hydroxylation is 1. The summed E-state index contributed by atoms with van der Waals surface area (Å²) in [5.74, 6) is -0.236. The van der Waals surface area contributed by atoms with Crippen molar-refractivity contribution in [2.45, 2.75) is 33.1 Å². The van der Waals surface area contributed by atoms with Crippen LogP contribution in [0.4, 0.5) is 10.8 Å². The number of rotatable bonds is 5. The van der Waals surface area contributed by atoms with E-state index in [9.17, 15) is 14.9 Å². The molecule has 0 saturated heterocycles. The fourth-order valence-electron chi connectivity index (χ4n) is 3.50. The second-order valence-electron chi connectivity index (χ2n) is 9.15. The van der Waals surface area contributed by atoms with Crippen LogP contribution in [-0.4, -0.2) is 15.8 Å². The minimum absolute atomic E-state index is 0.00686. The van der Waals surface area contributed by atoms with Crippen molar-refractivity contribution < 1.29 is 9.72 Å². The molecular formula is C27H25N3O3S. The van der Waals surface area contributed by atoms with E-state index in [1.807, 2.05) is 55.5 Å². The number of thiazole rings is 1. The van der Waals surface area contributed by atoms with Gasteiger partial charge in [0, 0.05) is 23.3 Å². The maximum Gasteiger partial charge on any atom is 0.269 e. The average molecular weight is 472 g/mol. The molecule has 0 aliphatic heterocycles. The number of nitro groups is 1. The monoisotopic (exact) mass is 471 g/mol. The maximum absolute atomic E-state index is 12.9. The molecule has 1 heterocycles. The molecule has 6 nitrogen and oxygen atoms in total. The summed E-state index contributed by atoms with van der Waals surface area (Å²) in [4.78, 5) is 29.1. The Morgan fingerprint density at radius 2 is 1.50 bits per heavy atom. The van der Waals surface area contributed by atoms with Gasteiger partial charge in [-0.1, -0.05) is 74.1 Å². The molecule has 0 unspecified atom stereocenters. The molecule has 172 valence electrons. The van der Waals surface area contributed by atoms with E-state index in [0.717, 1.165) is 32.8 Å². The summed E-state index contributed by atoms with van der Waals surface area (Å²) in [6, 6.07) is 21.9. The first-order valence-electron chi connectivity index (χ1n) is 10.9. The van der Waals surface area contributed by atoms with Crippen molar-refractivity contribution in [2.24, 2.45) is 0 Å². The SMILES string of the molecule is Cc1ccc(-c2nc(NC(=O)c3ccc(C(C)(C)C)cc3)sc2-c2ccc([N+](=O)[O-])cc2)cc1. The molecule has 0 spiro atoms. The number of anilines is 1. The smallest absolute Gasteiger partial charge is 0.269 e. The van der Waals surface area contributed by atoms with Gasteiger partial charge in [-0.15, -0.1) is 0 Å². The van der Waals surface area contributed by atoms with Gasteiger partial charge in [0.1, 0.15) is 0 Å². The highest BCUT2D eigenvalue weighted by molar-refractivity contribution is 7.19. The first kappa shape index (κ1) is 23.3. The van der Waals surface area contributed by atoms with E-state index >= 15 is 0 Å². The summed E-state index contributed by atoms with van der Waals surface area (Å²) < 4.78 is 0. The van der Waals surface area contributed by atoms with Gasteiger partial charge in [-0.25, -0.2) is 4.98 Å². The summed E-state index contributed by atoms with van der Waals surface area (Å²) in [5, 5.41) is 14.4. The minimum Gasteiger partial charge on any atom is -0.298 e. The van der Waals surface area contributed by atoms with Crippen LogP contribution in [0.2, 0.25) is 0 Å². The van der Waals surface area contributed by atoms with Crippen LogP contribution >= 0.6 is 11.3 Å². The molecule has 1 N–H and O–H groups in total. The Hall–Kier alpha value is -3.84. The maximum atomic E-state index is 12.9. The Kier molecular flexibility index (Phi) is 6.30. The van der Waals surface area contributed by atoms with Crippen LogP contribution in [-0.2, 0) is 5.41 Å². The summed E-state index contributed by atoms with van der Waals surface area (Å²) in [6.45, 7) is 8.40. The third kappa shape index (κ3) is 5.05. The van der Waals surface area contributed by atoms with Crippen molar-refractivity contribution >= 4 is 28.1 Å². The molecule has 0 fully saturated rings. The number of benzene rings is 3. The summed E-state index contributed by atoms with van der Waals surface area (Å²) in [5.41, 5.74) is 5.29. The molecule has 34 heavy (non-hydrogen) atoms. The zero-order valence-corrected chi connectivity index (χ0v) is 20.3. The van der Waals surface area contributed by atoms with Crippen LogP contribution in [0, 0.1) is 17.0 Å². The van der Waals surface area contributed by atoms with Gasteiger partial charge in [-0.2, -0.15) is 0 Å². The summed E-state index contributed by atoms with van der Waals surface area (Å²) in [7, 11) is 0. The Morgan fingerprint density at radius 3 is 2.06 bits per heavy atom. The van der Waals surface area contributed by atoms with Crippen molar-refractivity contribution in [2.75, 3.05) is 5.32 Å². The van der Waals surface area contributed by atoms with Crippen molar-refractivity contribution in [3.05, 3.63) is 99.6 Å². The zero-order valence-electron chi connectivity index (χ0n) is 19.5. The number of hydrogen-bond acceptors (Lipinski definition) is 5. The Morgan fingerprint density at radius 1 is 0.912 bits per heavy atom. The number of carbonyl (C=O) groups excluding carboxylic acids is 1. The van der Waals surface area contributed by atoms with Crippen molar-refractivity contribution in [3.8, 4) is 21.7 Å². The predicted molar refractivity (Wildman–Crippen MR) is 137 cm³/mol. The average Bonchev–Trinajstić information content (AvgIpc) is 3.22. The quantitative estimate of drug-likeness (QED) is 0.245. The fraction of sp³-hybridized carbons (Fsp3) is 0.185. The van der Waals surface area contributed by atoms with Gasteiger partial charge >= 0.3 is 0 Å². The second-order valence-corrected chi connectivity index (χ2v) is 10.1. The molecule has 1 aromatic heterocycles. The van der Waals surface area contributed by atoms with Crippen LogP contribution < -0.4 is 5.32 Å². The number of aromatic nitrogens is 1. The highest BCUT2D eigenvalue weighted by Crippen LogP contribution is 2.39. The van der Waals surface area contributed by atoms with Crippen molar-refractivity contribution in [1.29, 1.82) is 0 Å². The molecule has 0 bridgehead atoms. The molecule has 0 aliphatic carbocycles. The van der Waals surface area contributed by atoms with E-state index in [1.54, 1.807) is 12.1 Å². The van der Waals surface area contributed by atoms with E-state index in [-0.39, 0.29) is 17.0 Å². The highest BCUT2D eigenvalue weighted by Gasteiger charge is 2.19. The van der Waals surface area contributed by atoms with Crippen LogP contribution in [0.15, 0.2) is 72.8 Å². The first-order chi connectivity index (χ1) is 16.1. The molecule has 0 radical (unpaired) electrons. The molecule has 0 aliphatic rings. The molecule has 4 rings (SSSR count). The topological polar surface area (TPSA) is 85.1 Å². The predicted octanol–water partition coefficient (Wildman–Crippen LogP) is 7.24. The minimum atomic E-state index is -0.423. The van der Waals surface area contributed by atoms with E-state index in [1.165, 1.54) is 23.5 Å². The van der Waals surface area contributed by atoms with Gasteiger partial charge < -0.3 is 0 Å². The molecule has 1 amide bonds. The number of carbonyl (C=O) groups is 1. The number of nitro benzene ring substituents is 1. The van der Waals surface area contributed by atoms with Crippen molar-refractivity contribution in [1.82, 2.24) is 4.98 Å². The van der Waals surface area contributed by atoms with Crippen LogP contribution in [0.3, 0.4) is 0 Å². The van der Waals surface area contributed by atoms with Gasteiger partial charge in [0.15, 0.2) is 5.13 Å². The van der Waals surface area contributed by atoms with Gasteiger partial charge in [-0.05, 0) is 47.7 Å². The van der Waals surface area contributed by atoms with Crippen LogP contribution in [0.1, 0.15) is 42.3 Å². The molecule has 0 saturated carbocycles. The summed E-state index contributed by atoms with van der Waals surface area (Å²) >= 11 is 1.34. The molecular weight excluding hydrogens is 446 g/mol. The number of nitrogens with one attached hydrogen (secondary N) is 1. The van der Waals surface area contributed by atoms with E-state index in [0.29, 0.717) is 10.7 Å². The Labute approximate surface area is 202 Å². The third-order valence-electron chi connectivity index (χ3n) is 5.53. The lowest BCUT2D eigenvalue weighted by atomic mass is 9.87. The van der Waals surface area contributed by atoms with E-state index < -0.39 is 4.92 Å². The molecule has 7 heteroatoms. The molecule has 4 aromatic rings. The van der Waals surface area contributed by atoms with Gasteiger partial charge in [-0.3, -0.25) is 20.2 Å². The third-order valence-corrected chi connectivity index (χ3v) is 6.55. The van der Waals surface area contributed by atoms with Gasteiger partial charge in [0.2, 0.25) is 0 Å². The highest BCUT2D eigenvalue weighted by atomic mass is 32.1. The standard InChI is InChI=1S/C27H25N3O3S/c1-17-5-7-18(8-6-17)23-24(19-11-15-22(16-12-19)30(32)33)34-26(28-23)29-25(31)20-9-13-21(14-10-20)27(2,3)4/h5-16H,1-4H3,(H,28,29,31). The number of nitrogens with zero attached hydrogens (tertiary/aromatic N) is 2. The van der Waals surface area contributed by atoms with Crippen LogP contribution in [0.5, 0.6) is 0 Å². The lowest BCUT2D eigenvalue weighted by Crippen LogP contribution is -2.14. The second kappa shape index (κ2) is 9.19. The number of amides is 1. The number of non-ortho nitro benzene ring substituents is 1. The normalized spacial score (nSPS) is 11.3. The molecule has 0 atom stereocenters. The number of hydrogen-bond donors (Lipinski definition) is 1. The lowest BCUT2D eigenvalue weighted by Gasteiger charge is -2.18. The van der Waals surface area contributed by atoms with E-state index in [4.69, 9.17) is 4.98 Å². The largest absolute Gasteiger partial charge is 0.298 e. The lowest BCUT2D eigenvalue weighted by molar-refractivity contribution is -0.384. The zero-order chi connectivity index (χ0) is 24.5. The van der Waals surface area contributed by atoms with Crippen molar-refractivity contribution in [3.63, 3.8) is 0 Å². The Balaban J connectivity index is 1.68. The molecule has 3 aromatic carbocycles. The van der Waals surface area contributed by atoms with E-state index in [2.05, 4.69) is 26.1 Å².